The molecule has 39 heavy (non-hydrogen) atoms. The molecule has 2 aromatic rings. The Morgan fingerprint density at radius 3 is 2.59 bits per heavy atom. The summed E-state index contributed by atoms with van der Waals surface area (Å²) in [5.74, 6) is -0.179. The third-order valence-corrected chi connectivity index (χ3v) is 8.65. The third-order valence-electron chi connectivity index (χ3n) is 8.65. The molecule has 1 aliphatic carbocycles. The van der Waals surface area contributed by atoms with Crippen molar-refractivity contribution in [1.29, 1.82) is 0 Å². The molecule has 3 aliphatic rings. The predicted octanol–water partition coefficient (Wildman–Crippen LogP) is 3.43. The van der Waals surface area contributed by atoms with E-state index in [0.717, 1.165) is 64.6 Å². The molecular weight excluding hydrogens is 490 g/mol. The van der Waals surface area contributed by atoms with E-state index < -0.39 is 6.04 Å². The fourth-order valence-electron chi connectivity index (χ4n) is 6.31. The van der Waals surface area contributed by atoms with Crippen LogP contribution in [0.5, 0.6) is 0 Å². The van der Waals surface area contributed by atoms with Gasteiger partial charge in [-0.1, -0.05) is 29.8 Å². The van der Waals surface area contributed by atoms with E-state index in [1.165, 1.54) is 11.1 Å². The van der Waals surface area contributed by atoms with E-state index in [0.29, 0.717) is 18.5 Å². The van der Waals surface area contributed by atoms with Crippen molar-refractivity contribution in [2.45, 2.75) is 95.1 Å². The quantitative estimate of drug-likeness (QED) is 0.539. The second-order valence-electron chi connectivity index (χ2n) is 11.6. The van der Waals surface area contributed by atoms with E-state index in [-0.39, 0.29) is 36.0 Å². The predicted molar refractivity (Wildman–Crippen MR) is 151 cm³/mol. The number of nitrogens with two attached hydrogens (primary N) is 1. The van der Waals surface area contributed by atoms with Crippen molar-refractivity contribution in [3.05, 3.63) is 65.5 Å². The number of benzene rings is 1. The summed E-state index contributed by atoms with van der Waals surface area (Å²) in [6, 6.07) is 12.2. The Bertz CT molecular complexity index is 1080. The molecule has 3 atom stereocenters. The molecule has 3 fully saturated rings. The summed E-state index contributed by atoms with van der Waals surface area (Å²) in [6.45, 7) is 5.09. The van der Waals surface area contributed by atoms with Gasteiger partial charge in [0.2, 0.25) is 5.91 Å². The Hall–Kier alpha value is -2.81. The van der Waals surface area contributed by atoms with Crippen LogP contribution in [-0.4, -0.2) is 76.6 Å². The van der Waals surface area contributed by atoms with E-state index in [4.69, 9.17) is 10.5 Å². The van der Waals surface area contributed by atoms with Gasteiger partial charge in [-0.3, -0.25) is 19.5 Å². The Morgan fingerprint density at radius 1 is 1.10 bits per heavy atom. The number of carbonyl (C=O) groups is 2. The van der Waals surface area contributed by atoms with Gasteiger partial charge in [-0.2, -0.15) is 0 Å². The molecule has 2 amide bonds. The van der Waals surface area contributed by atoms with Gasteiger partial charge in [0.1, 0.15) is 6.04 Å². The molecule has 1 aromatic carbocycles. The Balaban J connectivity index is 1.36. The average Bonchev–Trinajstić information content (AvgIpc) is 3.48. The van der Waals surface area contributed by atoms with Crippen LogP contribution in [0, 0.1) is 6.92 Å². The number of rotatable bonds is 8. The molecule has 0 radical (unpaired) electrons. The molecule has 3 heterocycles. The lowest BCUT2D eigenvalue weighted by atomic mass is 9.90. The summed E-state index contributed by atoms with van der Waals surface area (Å²) < 4.78 is 6.03. The van der Waals surface area contributed by atoms with Gasteiger partial charge >= 0.3 is 0 Å². The molecule has 8 nitrogen and oxygen atoms in total. The number of hydrogen-bond acceptors (Lipinski definition) is 6. The largest absolute Gasteiger partial charge is 0.377 e. The van der Waals surface area contributed by atoms with E-state index in [1.54, 1.807) is 29.4 Å². The normalized spacial score (nSPS) is 27.5. The van der Waals surface area contributed by atoms with Crippen molar-refractivity contribution >= 4 is 11.8 Å². The minimum atomic E-state index is -0.530. The number of nitrogens with one attached hydrogen (secondary N) is 1. The Kier molecular flexibility index (Phi) is 9.27. The summed E-state index contributed by atoms with van der Waals surface area (Å²) >= 11 is 0. The monoisotopic (exact) mass is 533 g/mol. The second-order valence-corrected chi connectivity index (χ2v) is 11.6. The number of aromatic nitrogens is 1. The lowest BCUT2D eigenvalue weighted by molar-refractivity contribution is -0.128. The molecule has 0 bridgehead atoms. The molecule has 2 aliphatic heterocycles. The summed E-state index contributed by atoms with van der Waals surface area (Å²) in [7, 11) is 0. The fourth-order valence-corrected chi connectivity index (χ4v) is 6.31. The SMILES string of the molecule is Cc1ccc(CN(CC2CCCO2)C2CCN(C(=O)c3cccnc3)[C@@H](C(=O)NC3CCC(N)CC3)C2)cc1. The van der Waals surface area contributed by atoms with Gasteiger partial charge in [-0.25, -0.2) is 0 Å². The standard InChI is InChI=1S/C31H43N5O3/c1-22-6-8-23(9-7-22)20-35(21-28-5-3-17-39-28)27-14-16-36(31(38)24-4-2-15-33-19-24)29(18-27)30(37)34-26-12-10-25(32)11-13-26/h2,4,6-9,15,19,25-29H,3,5,10-14,16-18,20-21,32H2,1H3,(H,34,37)/t25?,26?,27?,28?,29-/m1/s1. The highest BCUT2D eigenvalue weighted by atomic mass is 16.5. The van der Waals surface area contributed by atoms with Gasteiger partial charge in [0.15, 0.2) is 0 Å². The van der Waals surface area contributed by atoms with Gasteiger partial charge in [0, 0.05) is 56.8 Å². The fraction of sp³-hybridized carbons (Fsp3) is 0.581. The maximum Gasteiger partial charge on any atom is 0.256 e. The number of ether oxygens (including phenoxy) is 1. The minimum absolute atomic E-state index is 0.0511. The number of aryl methyl sites for hydroxylation is 1. The second kappa shape index (κ2) is 13.0. The highest BCUT2D eigenvalue weighted by Gasteiger charge is 2.40. The molecule has 2 unspecified atom stereocenters. The smallest absolute Gasteiger partial charge is 0.256 e. The van der Waals surface area contributed by atoms with Crippen LogP contribution in [0.4, 0.5) is 0 Å². The number of nitrogens with zero attached hydrogens (tertiary/aromatic N) is 3. The number of hydrogen-bond donors (Lipinski definition) is 2. The molecule has 8 heteroatoms. The molecule has 210 valence electrons. The number of pyridine rings is 1. The van der Waals surface area contributed by atoms with E-state index in [2.05, 4.69) is 46.4 Å². The first-order chi connectivity index (χ1) is 19.0. The molecule has 0 spiro atoms. The Morgan fingerprint density at radius 2 is 1.90 bits per heavy atom. The zero-order valence-electron chi connectivity index (χ0n) is 23.1. The molecule has 5 rings (SSSR count). The van der Waals surface area contributed by atoms with Crippen LogP contribution in [0.1, 0.15) is 72.9 Å². The number of likely N-dealkylation sites (tertiary alicyclic amines) is 1. The molecule has 3 N–H and O–H groups in total. The highest BCUT2D eigenvalue weighted by Crippen LogP contribution is 2.28. The van der Waals surface area contributed by atoms with Crippen LogP contribution >= 0.6 is 0 Å². The average molecular weight is 534 g/mol. The zero-order valence-corrected chi connectivity index (χ0v) is 23.1. The van der Waals surface area contributed by atoms with Gasteiger partial charge in [0.05, 0.1) is 11.7 Å². The van der Waals surface area contributed by atoms with Crippen LogP contribution in [0.15, 0.2) is 48.8 Å². The van der Waals surface area contributed by atoms with Crippen molar-refractivity contribution in [2.75, 3.05) is 19.7 Å². The molecule has 2 saturated heterocycles. The topological polar surface area (TPSA) is 101 Å². The van der Waals surface area contributed by atoms with Gasteiger partial charge < -0.3 is 20.7 Å². The van der Waals surface area contributed by atoms with E-state index >= 15 is 0 Å². The van der Waals surface area contributed by atoms with Crippen LogP contribution in [0.2, 0.25) is 0 Å². The maximum absolute atomic E-state index is 13.8. The van der Waals surface area contributed by atoms with Crippen molar-refractivity contribution < 1.29 is 14.3 Å². The first kappa shape index (κ1) is 27.7. The van der Waals surface area contributed by atoms with E-state index in [1.807, 2.05) is 0 Å². The summed E-state index contributed by atoms with van der Waals surface area (Å²) in [6.07, 6.45) is 10.6. The summed E-state index contributed by atoms with van der Waals surface area (Å²) in [4.78, 5) is 35.8. The summed E-state index contributed by atoms with van der Waals surface area (Å²) in [5, 5.41) is 3.29. The van der Waals surface area contributed by atoms with Crippen LogP contribution in [0.25, 0.3) is 0 Å². The minimum Gasteiger partial charge on any atom is -0.377 e. The zero-order chi connectivity index (χ0) is 27.2. The summed E-state index contributed by atoms with van der Waals surface area (Å²) in [5.41, 5.74) is 9.12. The first-order valence-corrected chi connectivity index (χ1v) is 14.6. The van der Waals surface area contributed by atoms with Gasteiger partial charge in [-0.05, 0) is 76.0 Å². The maximum atomic E-state index is 13.8. The van der Waals surface area contributed by atoms with Crippen LogP contribution in [0.3, 0.4) is 0 Å². The third kappa shape index (κ3) is 7.24. The molecular formula is C31H43N5O3. The lowest BCUT2D eigenvalue weighted by Crippen LogP contribution is -2.59. The van der Waals surface area contributed by atoms with Crippen molar-refractivity contribution in [2.24, 2.45) is 5.73 Å². The van der Waals surface area contributed by atoms with Crippen molar-refractivity contribution in [1.82, 2.24) is 20.1 Å². The lowest BCUT2D eigenvalue weighted by Gasteiger charge is -2.44. The van der Waals surface area contributed by atoms with E-state index in [9.17, 15) is 9.59 Å². The highest BCUT2D eigenvalue weighted by molar-refractivity contribution is 5.97. The van der Waals surface area contributed by atoms with Crippen LogP contribution in [-0.2, 0) is 16.1 Å². The molecule has 1 saturated carbocycles. The number of amides is 2. The van der Waals surface area contributed by atoms with Crippen molar-refractivity contribution in [3.63, 3.8) is 0 Å². The number of piperidine rings is 1. The Labute approximate surface area is 232 Å². The van der Waals surface area contributed by atoms with Crippen molar-refractivity contribution in [3.8, 4) is 0 Å². The van der Waals surface area contributed by atoms with Gasteiger partial charge in [0.25, 0.3) is 5.91 Å². The first-order valence-electron chi connectivity index (χ1n) is 14.6. The number of carbonyl (C=O) groups excluding carboxylic acids is 2. The van der Waals surface area contributed by atoms with Crippen LogP contribution < -0.4 is 11.1 Å². The molecule has 1 aromatic heterocycles. The van der Waals surface area contributed by atoms with Gasteiger partial charge in [-0.15, -0.1) is 0 Å².